The predicted molar refractivity (Wildman–Crippen MR) is 179 cm³/mol. The van der Waals surface area contributed by atoms with Gasteiger partial charge in [-0.1, -0.05) is 35.0 Å². The van der Waals surface area contributed by atoms with E-state index in [-0.39, 0.29) is 35.9 Å². The number of fused-ring (bicyclic) bond motifs is 3. The fourth-order valence-corrected chi connectivity index (χ4v) is 7.12. The molecule has 0 N–H and O–H groups in total. The van der Waals surface area contributed by atoms with E-state index in [1.54, 1.807) is 4.90 Å². The Morgan fingerprint density at radius 2 is 1.94 bits per heavy atom. The highest BCUT2D eigenvalue weighted by atomic mass is 35.5. The van der Waals surface area contributed by atoms with Crippen LogP contribution in [-0.2, 0) is 4.74 Å². The Hall–Kier alpha value is -4.01. The fraction of sp³-hybridized carbons (Fsp3) is 0.514. The monoisotopic (exact) mass is 661 g/mol. The van der Waals surface area contributed by atoms with Crippen molar-refractivity contribution in [3.8, 4) is 23.1 Å². The van der Waals surface area contributed by atoms with E-state index in [1.807, 2.05) is 63.6 Å². The van der Waals surface area contributed by atoms with Crippen LogP contribution in [0.15, 0.2) is 24.3 Å². The van der Waals surface area contributed by atoms with Crippen molar-refractivity contribution in [2.75, 3.05) is 26.7 Å². The second-order valence-corrected chi connectivity index (χ2v) is 14.2. The van der Waals surface area contributed by atoms with E-state index in [1.165, 1.54) is 0 Å². The van der Waals surface area contributed by atoms with Gasteiger partial charge in [0.05, 0.1) is 29.6 Å². The molecule has 2 aliphatic rings. The van der Waals surface area contributed by atoms with Crippen molar-refractivity contribution in [3.05, 3.63) is 46.2 Å². The maximum absolute atomic E-state index is 16.8. The topological polar surface area (TPSA) is 109 Å². The Labute approximate surface area is 279 Å². The molecule has 0 unspecified atom stereocenters. The van der Waals surface area contributed by atoms with E-state index in [0.29, 0.717) is 64.1 Å². The molecule has 47 heavy (non-hydrogen) atoms. The van der Waals surface area contributed by atoms with Crippen LogP contribution in [0.25, 0.3) is 33.1 Å². The van der Waals surface area contributed by atoms with Crippen molar-refractivity contribution in [1.82, 2.24) is 29.8 Å². The second kappa shape index (κ2) is 12.9. The van der Waals surface area contributed by atoms with Gasteiger partial charge in [-0.05, 0) is 91.1 Å². The Balaban J connectivity index is 1.47. The largest absolute Gasteiger partial charge is 0.474 e. The summed E-state index contributed by atoms with van der Waals surface area (Å²) in [4.78, 5) is 21.7. The number of aromatic nitrogens is 4. The molecule has 12 heteroatoms. The van der Waals surface area contributed by atoms with Gasteiger partial charge >= 0.3 is 6.09 Å². The van der Waals surface area contributed by atoms with Crippen LogP contribution < -0.4 is 4.74 Å². The van der Waals surface area contributed by atoms with Crippen LogP contribution >= 0.6 is 11.6 Å². The molecule has 2 fully saturated rings. The summed E-state index contributed by atoms with van der Waals surface area (Å²) in [5.41, 5.74) is 3.08. The number of hydrogen-bond donors (Lipinski definition) is 0. The SMILES string of the molecule is Cc1cccc(-c2c(C)cc3c(nc(OC[C@@H]4CCCN4C)c4nnn([C@H]5CCN(C(=O)OC(C)(C)C)[C@H](CC#N)C5)c43)c2F)c1Cl. The average molecular weight is 662 g/mol. The molecule has 6 rings (SSSR count). The zero-order chi connectivity index (χ0) is 33.6. The maximum atomic E-state index is 16.8. The minimum absolute atomic E-state index is 0.141. The van der Waals surface area contributed by atoms with Crippen molar-refractivity contribution in [3.63, 3.8) is 0 Å². The zero-order valence-electron chi connectivity index (χ0n) is 27.8. The third kappa shape index (κ3) is 6.33. The number of nitrogens with zero attached hydrogens (tertiary/aromatic N) is 7. The van der Waals surface area contributed by atoms with Crippen molar-refractivity contribution < 1.29 is 18.7 Å². The fourth-order valence-electron chi connectivity index (χ4n) is 6.90. The van der Waals surface area contributed by atoms with Gasteiger partial charge in [-0.3, -0.25) is 0 Å². The second-order valence-electron chi connectivity index (χ2n) is 13.8. The number of carbonyl (C=O) groups excluding carboxylic acids is 1. The van der Waals surface area contributed by atoms with Crippen LogP contribution in [0.5, 0.6) is 5.88 Å². The molecule has 4 aromatic rings. The maximum Gasteiger partial charge on any atom is 0.410 e. The summed E-state index contributed by atoms with van der Waals surface area (Å²) < 4.78 is 30.6. The van der Waals surface area contributed by atoms with E-state index in [2.05, 4.69) is 28.3 Å². The highest BCUT2D eigenvalue weighted by Crippen LogP contribution is 2.41. The lowest BCUT2D eigenvalue weighted by molar-refractivity contribution is 0.00557. The molecule has 0 bridgehead atoms. The Bertz CT molecular complexity index is 1880. The first-order valence-electron chi connectivity index (χ1n) is 16.2. The van der Waals surface area contributed by atoms with Crippen molar-refractivity contribution >= 4 is 39.6 Å². The number of likely N-dealkylation sites (N-methyl/N-ethyl adjacent to an activating group) is 1. The number of pyridine rings is 1. The zero-order valence-corrected chi connectivity index (χ0v) is 28.6. The standard InChI is InChI=1S/C35H41ClFN7O3/c1-20-9-7-11-25(28(20)36)27-21(2)17-26-30(29(27)37)39-33(46-19-24-10-8-15-42(24)6)31-32(26)44(41-40-31)23-13-16-43(22(18-23)12-14-38)34(45)47-35(3,4)5/h7,9,11,17,22-24H,8,10,12-13,15-16,18-19H2,1-6H3/t22-,23+,24+/m1/s1. The minimum atomic E-state index is -0.660. The van der Waals surface area contributed by atoms with E-state index in [9.17, 15) is 10.1 Å². The molecule has 4 heterocycles. The number of nitriles is 1. The predicted octanol–water partition coefficient (Wildman–Crippen LogP) is 7.38. The number of aryl methyl sites for hydroxylation is 2. The average Bonchev–Trinajstić information content (AvgIpc) is 3.64. The van der Waals surface area contributed by atoms with Gasteiger partial charge in [0.15, 0.2) is 11.3 Å². The third-order valence-corrected chi connectivity index (χ3v) is 9.84. The molecule has 2 aromatic heterocycles. The number of hydrogen-bond acceptors (Lipinski definition) is 8. The summed E-state index contributed by atoms with van der Waals surface area (Å²) in [5.74, 6) is -0.269. The van der Waals surface area contributed by atoms with Gasteiger partial charge in [-0.2, -0.15) is 5.26 Å². The lowest BCUT2D eigenvalue weighted by atomic mass is 9.94. The molecule has 1 amide bonds. The number of likely N-dealkylation sites (tertiary alicyclic amines) is 2. The molecule has 10 nitrogen and oxygen atoms in total. The minimum Gasteiger partial charge on any atom is -0.474 e. The number of amides is 1. The number of ether oxygens (including phenoxy) is 2. The molecule has 2 aromatic carbocycles. The van der Waals surface area contributed by atoms with Crippen molar-refractivity contribution in [1.29, 1.82) is 5.26 Å². The molecule has 0 radical (unpaired) electrons. The van der Waals surface area contributed by atoms with E-state index < -0.39 is 17.5 Å². The first kappa shape index (κ1) is 32.9. The molecular weight excluding hydrogens is 621 g/mol. The van der Waals surface area contributed by atoms with Gasteiger partial charge in [0.1, 0.15) is 23.2 Å². The summed E-state index contributed by atoms with van der Waals surface area (Å²) in [6, 6.07) is 9.33. The molecule has 2 saturated heterocycles. The van der Waals surface area contributed by atoms with Crippen LogP contribution in [0.3, 0.4) is 0 Å². The molecule has 0 saturated carbocycles. The van der Waals surface area contributed by atoms with Crippen LogP contribution in [0.4, 0.5) is 9.18 Å². The molecule has 0 aliphatic carbocycles. The lowest BCUT2D eigenvalue weighted by Crippen LogP contribution is -2.48. The molecular formula is C35H41ClFN7O3. The number of benzene rings is 2. The van der Waals surface area contributed by atoms with Gasteiger partial charge in [0, 0.05) is 29.1 Å². The quantitative estimate of drug-likeness (QED) is 0.211. The molecule has 3 atom stereocenters. The normalized spacial score (nSPS) is 20.6. The Morgan fingerprint density at radius 3 is 2.64 bits per heavy atom. The van der Waals surface area contributed by atoms with E-state index >= 15 is 4.39 Å². The highest BCUT2D eigenvalue weighted by Gasteiger charge is 2.37. The van der Waals surface area contributed by atoms with Gasteiger partial charge < -0.3 is 19.3 Å². The number of carbonyl (C=O) groups is 1. The summed E-state index contributed by atoms with van der Waals surface area (Å²) in [5, 5.41) is 19.8. The van der Waals surface area contributed by atoms with Crippen LogP contribution in [0.1, 0.15) is 70.0 Å². The van der Waals surface area contributed by atoms with Crippen LogP contribution in [0.2, 0.25) is 5.02 Å². The van der Waals surface area contributed by atoms with Crippen LogP contribution in [0, 0.1) is 31.0 Å². The van der Waals surface area contributed by atoms with Gasteiger partial charge in [-0.15, -0.1) is 5.10 Å². The number of halogens is 2. The summed E-state index contributed by atoms with van der Waals surface area (Å²) in [7, 11) is 2.07. The number of piperidine rings is 1. The molecule has 248 valence electrons. The highest BCUT2D eigenvalue weighted by molar-refractivity contribution is 6.34. The number of rotatable bonds is 6. The molecule has 2 aliphatic heterocycles. The van der Waals surface area contributed by atoms with Gasteiger partial charge in [0.2, 0.25) is 5.88 Å². The summed E-state index contributed by atoms with van der Waals surface area (Å²) in [6.07, 6.45) is 2.78. The first-order valence-corrected chi connectivity index (χ1v) is 16.6. The Kier molecular flexibility index (Phi) is 9.02. The van der Waals surface area contributed by atoms with Crippen molar-refractivity contribution in [2.24, 2.45) is 0 Å². The molecule has 0 spiro atoms. The first-order chi connectivity index (χ1) is 22.4. The van der Waals surface area contributed by atoms with Crippen molar-refractivity contribution in [2.45, 2.75) is 90.4 Å². The van der Waals surface area contributed by atoms with E-state index in [4.69, 9.17) is 26.1 Å². The Morgan fingerprint density at radius 1 is 1.15 bits per heavy atom. The summed E-state index contributed by atoms with van der Waals surface area (Å²) >= 11 is 6.70. The van der Waals surface area contributed by atoms with Crippen LogP contribution in [-0.4, -0.2) is 80.3 Å². The van der Waals surface area contributed by atoms with Gasteiger partial charge in [-0.25, -0.2) is 18.9 Å². The van der Waals surface area contributed by atoms with Gasteiger partial charge in [0.25, 0.3) is 0 Å². The van der Waals surface area contributed by atoms with E-state index in [0.717, 1.165) is 24.9 Å². The smallest absolute Gasteiger partial charge is 0.410 e. The third-order valence-electron chi connectivity index (χ3n) is 9.34. The summed E-state index contributed by atoms with van der Waals surface area (Å²) in [6.45, 7) is 11.0. The lowest BCUT2D eigenvalue weighted by Gasteiger charge is -2.39.